The van der Waals surface area contributed by atoms with E-state index in [-0.39, 0.29) is 11.8 Å². The molecule has 6 nitrogen and oxygen atoms in total. The van der Waals surface area contributed by atoms with Gasteiger partial charge in [-0.2, -0.15) is 0 Å². The van der Waals surface area contributed by atoms with Crippen LogP contribution in [0.2, 0.25) is 0 Å². The number of thioether (sulfide) groups is 1. The molecular weight excluding hydrogens is 516 g/mol. The Balaban J connectivity index is 1.30. The van der Waals surface area contributed by atoms with E-state index in [1.807, 2.05) is 89.5 Å². The van der Waals surface area contributed by atoms with E-state index >= 15 is 0 Å². The summed E-state index contributed by atoms with van der Waals surface area (Å²) >= 11 is 1.65. The Morgan fingerprint density at radius 1 is 0.875 bits per heavy atom. The van der Waals surface area contributed by atoms with Crippen molar-refractivity contribution < 1.29 is 9.59 Å². The van der Waals surface area contributed by atoms with Crippen molar-refractivity contribution >= 4 is 40.2 Å². The molecule has 0 saturated heterocycles. The highest BCUT2D eigenvalue weighted by molar-refractivity contribution is 7.98. The first-order valence-electron chi connectivity index (χ1n) is 13.5. The fourth-order valence-corrected chi connectivity index (χ4v) is 5.66. The number of hydrogen-bond acceptors (Lipinski definition) is 4. The van der Waals surface area contributed by atoms with Crippen molar-refractivity contribution in [3.8, 4) is 0 Å². The van der Waals surface area contributed by atoms with E-state index in [0.717, 1.165) is 40.2 Å². The van der Waals surface area contributed by atoms with Crippen molar-refractivity contribution in [2.45, 2.75) is 37.0 Å². The Morgan fingerprint density at radius 3 is 2.48 bits per heavy atom. The number of anilines is 1. The van der Waals surface area contributed by atoms with Crippen molar-refractivity contribution in [2.24, 2.45) is 0 Å². The third-order valence-corrected chi connectivity index (χ3v) is 7.75. The highest BCUT2D eigenvalue weighted by Crippen LogP contribution is 2.28. The van der Waals surface area contributed by atoms with Crippen LogP contribution in [-0.2, 0) is 18.7 Å². The summed E-state index contributed by atoms with van der Waals surface area (Å²) in [5.41, 5.74) is 5.06. The molecule has 3 aromatic carbocycles. The van der Waals surface area contributed by atoms with Gasteiger partial charge < -0.3 is 15.2 Å². The average molecular weight is 549 g/mol. The van der Waals surface area contributed by atoms with Gasteiger partial charge >= 0.3 is 0 Å². The number of aryl methyl sites for hydroxylation is 1. The molecule has 202 valence electrons. The van der Waals surface area contributed by atoms with Gasteiger partial charge in [0.25, 0.3) is 11.8 Å². The van der Waals surface area contributed by atoms with E-state index in [1.54, 1.807) is 18.0 Å². The molecule has 0 fully saturated rings. The van der Waals surface area contributed by atoms with Gasteiger partial charge in [-0.05, 0) is 60.5 Å². The molecule has 2 N–H and O–H groups in total. The van der Waals surface area contributed by atoms with Gasteiger partial charge in [0.1, 0.15) is 5.69 Å². The zero-order valence-corrected chi connectivity index (χ0v) is 23.3. The Kier molecular flexibility index (Phi) is 8.93. The van der Waals surface area contributed by atoms with E-state index in [2.05, 4.69) is 34.7 Å². The molecule has 0 aliphatic carbocycles. The SMILES string of the molecule is CCCn1c(C(=O)NCCc2ccccn2)cc2cc(NC(=O)c3ccccc3SCc3ccccc3)ccc21. The predicted molar refractivity (Wildman–Crippen MR) is 163 cm³/mol. The number of nitrogens with zero attached hydrogens (tertiary/aromatic N) is 2. The minimum Gasteiger partial charge on any atom is -0.350 e. The molecule has 0 saturated carbocycles. The lowest BCUT2D eigenvalue weighted by molar-refractivity contribution is 0.0944. The second kappa shape index (κ2) is 13.1. The van der Waals surface area contributed by atoms with Crippen LogP contribution in [0.5, 0.6) is 0 Å². The fraction of sp³-hybridized carbons (Fsp3) is 0.182. The smallest absolute Gasteiger partial charge is 0.267 e. The molecule has 7 heteroatoms. The minimum absolute atomic E-state index is 0.115. The lowest BCUT2D eigenvalue weighted by atomic mass is 10.2. The van der Waals surface area contributed by atoms with Crippen LogP contribution in [-0.4, -0.2) is 27.9 Å². The number of nitrogens with one attached hydrogen (secondary N) is 2. The maximum atomic E-state index is 13.3. The van der Waals surface area contributed by atoms with Crippen LogP contribution < -0.4 is 10.6 Å². The number of amides is 2. The van der Waals surface area contributed by atoms with Crippen molar-refractivity contribution in [3.05, 3.63) is 126 Å². The van der Waals surface area contributed by atoms with Crippen LogP contribution >= 0.6 is 11.8 Å². The number of fused-ring (bicyclic) bond motifs is 1. The Bertz CT molecular complexity index is 1600. The Morgan fingerprint density at radius 2 is 1.68 bits per heavy atom. The maximum Gasteiger partial charge on any atom is 0.267 e. The molecule has 5 rings (SSSR count). The van der Waals surface area contributed by atoms with Gasteiger partial charge in [0.15, 0.2) is 0 Å². The van der Waals surface area contributed by atoms with E-state index < -0.39 is 0 Å². The molecule has 0 bridgehead atoms. The van der Waals surface area contributed by atoms with E-state index in [0.29, 0.717) is 29.9 Å². The third kappa shape index (κ3) is 6.61. The molecule has 0 atom stereocenters. The van der Waals surface area contributed by atoms with E-state index in [1.165, 1.54) is 5.56 Å². The first-order chi connectivity index (χ1) is 19.6. The van der Waals surface area contributed by atoms with Crippen LogP contribution in [0.4, 0.5) is 5.69 Å². The van der Waals surface area contributed by atoms with Crippen LogP contribution in [0.3, 0.4) is 0 Å². The topological polar surface area (TPSA) is 76.0 Å². The number of carbonyl (C=O) groups is 2. The molecule has 0 aliphatic rings. The summed E-state index contributed by atoms with van der Waals surface area (Å²) in [6.45, 7) is 3.33. The third-order valence-electron chi connectivity index (χ3n) is 6.60. The molecule has 0 aliphatic heterocycles. The van der Waals surface area contributed by atoms with Gasteiger partial charge in [0.2, 0.25) is 0 Å². The summed E-state index contributed by atoms with van der Waals surface area (Å²) in [6.07, 6.45) is 3.32. The molecule has 40 heavy (non-hydrogen) atoms. The van der Waals surface area contributed by atoms with E-state index in [4.69, 9.17) is 0 Å². The summed E-state index contributed by atoms with van der Waals surface area (Å²) in [5, 5.41) is 7.01. The van der Waals surface area contributed by atoms with Crippen molar-refractivity contribution in [3.63, 3.8) is 0 Å². The fourth-order valence-electron chi connectivity index (χ4n) is 4.66. The van der Waals surface area contributed by atoms with Gasteiger partial charge in [-0.25, -0.2) is 0 Å². The van der Waals surface area contributed by atoms with Crippen LogP contribution in [0, 0.1) is 0 Å². The highest BCUT2D eigenvalue weighted by Gasteiger charge is 2.17. The molecular formula is C33H32N4O2S. The predicted octanol–water partition coefficient (Wildman–Crippen LogP) is 6.96. The van der Waals surface area contributed by atoms with Gasteiger partial charge in [-0.15, -0.1) is 11.8 Å². The normalized spacial score (nSPS) is 10.9. The number of pyridine rings is 1. The first kappa shape index (κ1) is 27.2. The molecule has 5 aromatic rings. The van der Waals surface area contributed by atoms with Crippen molar-refractivity contribution in [2.75, 3.05) is 11.9 Å². The molecule has 2 amide bonds. The van der Waals surface area contributed by atoms with Crippen LogP contribution in [0.15, 0.2) is 108 Å². The number of rotatable bonds is 11. The Hall–Kier alpha value is -4.36. The summed E-state index contributed by atoms with van der Waals surface area (Å²) < 4.78 is 2.05. The number of benzene rings is 3. The van der Waals surface area contributed by atoms with Crippen molar-refractivity contribution in [1.29, 1.82) is 0 Å². The van der Waals surface area contributed by atoms with Gasteiger partial charge in [-0.3, -0.25) is 14.6 Å². The number of carbonyl (C=O) groups excluding carboxylic acids is 2. The zero-order chi connectivity index (χ0) is 27.7. The largest absolute Gasteiger partial charge is 0.350 e. The van der Waals surface area contributed by atoms with Gasteiger partial charge in [0.05, 0.1) is 5.56 Å². The summed E-state index contributed by atoms with van der Waals surface area (Å²) in [4.78, 5) is 31.7. The number of aromatic nitrogens is 2. The van der Waals surface area contributed by atoms with Gasteiger partial charge in [0, 0.05) is 58.6 Å². The molecule has 0 unspecified atom stereocenters. The van der Waals surface area contributed by atoms with E-state index in [9.17, 15) is 9.59 Å². The molecule has 0 spiro atoms. The summed E-state index contributed by atoms with van der Waals surface area (Å²) in [5.74, 6) is 0.515. The second-order valence-corrected chi connectivity index (χ2v) is 10.5. The lowest BCUT2D eigenvalue weighted by Crippen LogP contribution is -2.28. The monoisotopic (exact) mass is 548 g/mol. The second-order valence-electron chi connectivity index (χ2n) is 9.51. The minimum atomic E-state index is -0.156. The summed E-state index contributed by atoms with van der Waals surface area (Å²) in [7, 11) is 0. The molecule has 2 aromatic heterocycles. The maximum absolute atomic E-state index is 13.3. The molecule has 2 heterocycles. The van der Waals surface area contributed by atoms with Crippen LogP contribution in [0.1, 0.15) is 45.4 Å². The summed E-state index contributed by atoms with van der Waals surface area (Å²) in [6, 6.07) is 31.4. The number of hydrogen-bond donors (Lipinski definition) is 2. The van der Waals surface area contributed by atoms with Gasteiger partial charge in [-0.1, -0.05) is 55.5 Å². The van der Waals surface area contributed by atoms with Crippen LogP contribution in [0.25, 0.3) is 10.9 Å². The highest BCUT2D eigenvalue weighted by atomic mass is 32.2. The standard InChI is InChI=1S/C33H32N4O2S/c1-2-20-37-29-16-15-27(21-25(29)22-30(37)33(39)35-19-17-26-12-8-9-18-34-26)36-32(38)28-13-6-7-14-31(28)40-23-24-10-4-3-5-11-24/h3-16,18,21-22H,2,17,19-20,23H2,1H3,(H,35,39)(H,36,38). The average Bonchev–Trinajstić information content (AvgIpc) is 3.35. The molecule has 0 radical (unpaired) electrons. The first-order valence-corrected chi connectivity index (χ1v) is 14.5. The quantitative estimate of drug-likeness (QED) is 0.175. The van der Waals surface area contributed by atoms with Crippen molar-refractivity contribution in [1.82, 2.24) is 14.9 Å². The lowest BCUT2D eigenvalue weighted by Gasteiger charge is -2.11. The zero-order valence-electron chi connectivity index (χ0n) is 22.5. The Labute approximate surface area is 238 Å².